The lowest BCUT2D eigenvalue weighted by Gasteiger charge is -2.24. The second-order valence-electron chi connectivity index (χ2n) is 4.07. The number of halogens is 1. The van der Waals surface area contributed by atoms with Gasteiger partial charge in [-0.1, -0.05) is 11.6 Å². The Morgan fingerprint density at radius 1 is 1.25 bits per heavy atom. The highest BCUT2D eigenvalue weighted by molar-refractivity contribution is 7.99. The highest BCUT2D eigenvalue weighted by atomic mass is 35.5. The number of aromatic nitrogens is 2. The largest absolute Gasteiger partial charge is 0.367 e. The average Bonchev–Trinajstić information content (AvgIpc) is 2.27. The molecule has 3 nitrogen and oxygen atoms in total. The Morgan fingerprint density at radius 3 is 2.62 bits per heavy atom. The first kappa shape index (κ1) is 12.0. The number of nitrogens with zero attached hydrogens (tertiary/aromatic N) is 2. The van der Waals surface area contributed by atoms with Crippen LogP contribution in [0.3, 0.4) is 0 Å². The quantitative estimate of drug-likeness (QED) is 0.827. The van der Waals surface area contributed by atoms with Gasteiger partial charge in [0.25, 0.3) is 0 Å². The highest BCUT2D eigenvalue weighted by Crippen LogP contribution is 2.24. The van der Waals surface area contributed by atoms with Crippen LogP contribution < -0.4 is 5.32 Å². The summed E-state index contributed by atoms with van der Waals surface area (Å²) < 4.78 is 0. The van der Waals surface area contributed by atoms with Crippen molar-refractivity contribution < 1.29 is 0 Å². The summed E-state index contributed by atoms with van der Waals surface area (Å²) in [6, 6.07) is 0.533. The number of nitrogens with one attached hydrogen (secondary N) is 1. The van der Waals surface area contributed by atoms with Crippen molar-refractivity contribution in [3.8, 4) is 0 Å². The predicted octanol–water partition coefficient (Wildman–Crippen LogP) is 3.05. The van der Waals surface area contributed by atoms with Crippen molar-refractivity contribution >= 4 is 29.2 Å². The third-order valence-corrected chi connectivity index (χ3v) is 4.18. The number of anilines is 1. The van der Waals surface area contributed by atoms with Crippen LogP contribution in [0.15, 0.2) is 0 Å². The Labute approximate surface area is 105 Å². The SMILES string of the molecule is Cc1nc(Cl)c(C)c(NC2CCSCC2)n1. The first-order chi connectivity index (χ1) is 7.66. The zero-order valence-corrected chi connectivity index (χ0v) is 11.2. The molecule has 1 aromatic heterocycles. The number of thioether (sulfide) groups is 1. The van der Waals surface area contributed by atoms with E-state index in [0.29, 0.717) is 11.2 Å². The smallest absolute Gasteiger partial charge is 0.137 e. The summed E-state index contributed by atoms with van der Waals surface area (Å²) >= 11 is 8.06. The fourth-order valence-corrected chi connectivity index (χ4v) is 3.09. The molecule has 1 aliphatic rings. The van der Waals surface area contributed by atoms with Gasteiger partial charge in [-0.3, -0.25) is 0 Å². The van der Waals surface area contributed by atoms with Gasteiger partial charge >= 0.3 is 0 Å². The minimum absolute atomic E-state index is 0.533. The van der Waals surface area contributed by atoms with Gasteiger partial charge in [0.05, 0.1) is 0 Å². The minimum atomic E-state index is 0.533. The van der Waals surface area contributed by atoms with Gasteiger partial charge in [0.15, 0.2) is 0 Å². The van der Waals surface area contributed by atoms with Crippen LogP contribution in [0, 0.1) is 13.8 Å². The van der Waals surface area contributed by atoms with Crippen LogP contribution in [0.2, 0.25) is 5.15 Å². The van der Waals surface area contributed by atoms with E-state index in [1.54, 1.807) is 0 Å². The second-order valence-corrected chi connectivity index (χ2v) is 5.65. The fourth-order valence-electron chi connectivity index (χ4n) is 1.77. The monoisotopic (exact) mass is 257 g/mol. The molecule has 1 N–H and O–H groups in total. The van der Waals surface area contributed by atoms with Crippen molar-refractivity contribution in [3.63, 3.8) is 0 Å². The highest BCUT2D eigenvalue weighted by Gasteiger charge is 2.16. The Hall–Kier alpha value is -0.480. The van der Waals surface area contributed by atoms with Gasteiger partial charge < -0.3 is 5.32 Å². The summed E-state index contributed by atoms with van der Waals surface area (Å²) in [4.78, 5) is 8.55. The minimum Gasteiger partial charge on any atom is -0.367 e. The molecule has 1 saturated heterocycles. The van der Waals surface area contributed by atoms with Crippen LogP contribution >= 0.6 is 23.4 Å². The third kappa shape index (κ3) is 2.80. The predicted molar refractivity (Wildman–Crippen MR) is 70.5 cm³/mol. The molecule has 0 radical (unpaired) electrons. The number of hydrogen-bond acceptors (Lipinski definition) is 4. The van der Waals surface area contributed by atoms with E-state index < -0.39 is 0 Å². The van der Waals surface area contributed by atoms with Gasteiger partial charge in [-0.2, -0.15) is 11.8 Å². The van der Waals surface area contributed by atoms with E-state index in [1.165, 1.54) is 24.3 Å². The molecule has 0 bridgehead atoms. The molecule has 0 aliphatic carbocycles. The van der Waals surface area contributed by atoms with E-state index in [4.69, 9.17) is 11.6 Å². The molecular weight excluding hydrogens is 242 g/mol. The summed E-state index contributed by atoms with van der Waals surface area (Å²) in [5.41, 5.74) is 0.950. The molecule has 1 fully saturated rings. The van der Waals surface area contributed by atoms with Crippen molar-refractivity contribution in [1.29, 1.82) is 0 Å². The van der Waals surface area contributed by atoms with Crippen LogP contribution in [-0.4, -0.2) is 27.5 Å². The van der Waals surface area contributed by atoms with Gasteiger partial charge in [-0.05, 0) is 38.2 Å². The molecule has 16 heavy (non-hydrogen) atoms. The van der Waals surface area contributed by atoms with E-state index >= 15 is 0 Å². The van der Waals surface area contributed by atoms with E-state index in [-0.39, 0.29) is 0 Å². The van der Waals surface area contributed by atoms with Gasteiger partial charge in [0.2, 0.25) is 0 Å². The lowest BCUT2D eigenvalue weighted by Crippen LogP contribution is -2.25. The maximum absolute atomic E-state index is 6.04. The Kier molecular flexibility index (Phi) is 3.92. The average molecular weight is 258 g/mol. The Morgan fingerprint density at radius 2 is 1.94 bits per heavy atom. The van der Waals surface area contributed by atoms with Crippen LogP contribution in [0.1, 0.15) is 24.2 Å². The lowest BCUT2D eigenvalue weighted by atomic mass is 10.1. The van der Waals surface area contributed by atoms with Crippen molar-refractivity contribution in [2.45, 2.75) is 32.7 Å². The standard InChI is InChI=1S/C11H16ClN3S/c1-7-10(12)13-8(2)14-11(7)15-9-3-5-16-6-4-9/h9H,3-6H2,1-2H3,(H,13,14,15). The lowest BCUT2D eigenvalue weighted by molar-refractivity contribution is 0.662. The van der Waals surface area contributed by atoms with E-state index in [0.717, 1.165) is 17.2 Å². The van der Waals surface area contributed by atoms with E-state index in [9.17, 15) is 0 Å². The third-order valence-electron chi connectivity index (χ3n) is 2.76. The van der Waals surface area contributed by atoms with Gasteiger partial charge in [0, 0.05) is 11.6 Å². The molecular formula is C11H16ClN3S. The Balaban J connectivity index is 2.13. The number of hydrogen-bond donors (Lipinski definition) is 1. The summed E-state index contributed by atoms with van der Waals surface area (Å²) in [6.07, 6.45) is 2.40. The van der Waals surface area contributed by atoms with Crippen molar-refractivity contribution in [2.75, 3.05) is 16.8 Å². The fraction of sp³-hybridized carbons (Fsp3) is 0.636. The van der Waals surface area contributed by atoms with Crippen LogP contribution in [0.4, 0.5) is 5.82 Å². The van der Waals surface area contributed by atoms with Crippen LogP contribution in [-0.2, 0) is 0 Å². The second kappa shape index (κ2) is 5.23. The molecule has 0 spiro atoms. The molecule has 1 aromatic rings. The maximum atomic E-state index is 6.04. The normalized spacial score (nSPS) is 17.4. The molecule has 88 valence electrons. The summed E-state index contributed by atoms with van der Waals surface area (Å²) in [7, 11) is 0. The van der Waals surface area contributed by atoms with Crippen molar-refractivity contribution in [3.05, 3.63) is 16.5 Å². The molecule has 0 saturated carbocycles. The summed E-state index contributed by atoms with van der Waals surface area (Å²) in [5.74, 6) is 4.08. The molecule has 2 heterocycles. The summed E-state index contributed by atoms with van der Waals surface area (Å²) in [5, 5.41) is 4.04. The summed E-state index contributed by atoms with van der Waals surface area (Å²) in [6.45, 7) is 3.83. The Bertz CT molecular complexity index is 378. The van der Waals surface area contributed by atoms with Crippen LogP contribution in [0.5, 0.6) is 0 Å². The van der Waals surface area contributed by atoms with E-state index in [2.05, 4.69) is 15.3 Å². The van der Waals surface area contributed by atoms with Crippen LogP contribution in [0.25, 0.3) is 0 Å². The zero-order chi connectivity index (χ0) is 11.5. The first-order valence-electron chi connectivity index (χ1n) is 5.52. The van der Waals surface area contributed by atoms with Gasteiger partial charge in [0.1, 0.15) is 16.8 Å². The molecule has 0 amide bonds. The molecule has 0 unspecified atom stereocenters. The van der Waals surface area contributed by atoms with E-state index in [1.807, 2.05) is 25.6 Å². The number of aryl methyl sites for hydroxylation is 1. The first-order valence-corrected chi connectivity index (χ1v) is 7.05. The molecule has 0 aromatic carbocycles. The molecule has 1 aliphatic heterocycles. The number of rotatable bonds is 2. The maximum Gasteiger partial charge on any atom is 0.137 e. The zero-order valence-electron chi connectivity index (χ0n) is 9.59. The topological polar surface area (TPSA) is 37.8 Å². The van der Waals surface area contributed by atoms with Gasteiger partial charge in [-0.25, -0.2) is 9.97 Å². The van der Waals surface area contributed by atoms with Gasteiger partial charge in [-0.15, -0.1) is 0 Å². The van der Waals surface area contributed by atoms with Crippen molar-refractivity contribution in [1.82, 2.24) is 9.97 Å². The van der Waals surface area contributed by atoms with Crippen molar-refractivity contribution in [2.24, 2.45) is 0 Å². The molecule has 2 rings (SSSR count). The molecule has 0 atom stereocenters. The molecule has 5 heteroatoms.